The van der Waals surface area contributed by atoms with Crippen molar-refractivity contribution in [3.8, 4) is 11.8 Å². The summed E-state index contributed by atoms with van der Waals surface area (Å²) < 4.78 is 10.5. The van der Waals surface area contributed by atoms with Gasteiger partial charge in [-0.05, 0) is 31.2 Å². The minimum absolute atomic E-state index is 0.158. The van der Waals surface area contributed by atoms with Crippen molar-refractivity contribution in [2.24, 2.45) is 0 Å². The Morgan fingerprint density at radius 1 is 1.42 bits per heavy atom. The van der Waals surface area contributed by atoms with Gasteiger partial charge in [0.05, 0.1) is 24.6 Å². The van der Waals surface area contributed by atoms with Crippen molar-refractivity contribution in [1.29, 1.82) is 5.26 Å². The monoisotopic (exact) mass is 256 g/mol. The molecule has 98 valence electrons. The zero-order valence-electron chi connectivity index (χ0n) is 11.0. The average molecular weight is 256 g/mol. The predicted octanol–water partition coefficient (Wildman–Crippen LogP) is 3.20. The highest BCUT2D eigenvalue weighted by Crippen LogP contribution is 2.23. The lowest BCUT2D eigenvalue weighted by Crippen LogP contribution is -2.18. The summed E-state index contributed by atoms with van der Waals surface area (Å²) in [7, 11) is 1.61. The lowest BCUT2D eigenvalue weighted by Gasteiger charge is -2.16. The van der Waals surface area contributed by atoms with Crippen molar-refractivity contribution in [2.75, 3.05) is 12.4 Å². The normalized spacial score (nSPS) is 11.6. The van der Waals surface area contributed by atoms with E-state index in [1.165, 1.54) is 0 Å². The largest absolute Gasteiger partial charge is 0.497 e. The Morgan fingerprint density at radius 3 is 2.89 bits per heavy atom. The zero-order chi connectivity index (χ0) is 13.7. The van der Waals surface area contributed by atoms with Crippen molar-refractivity contribution in [3.63, 3.8) is 0 Å². The number of nitriles is 1. The van der Waals surface area contributed by atoms with Crippen LogP contribution >= 0.6 is 0 Å². The first-order valence-electron chi connectivity index (χ1n) is 6.10. The fourth-order valence-corrected chi connectivity index (χ4v) is 1.91. The van der Waals surface area contributed by atoms with Crippen molar-refractivity contribution >= 4 is 5.69 Å². The van der Waals surface area contributed by atoms with Crippen molar-refractivity contribution in [3.05, 3.63) is 47.9 Å². The van der Waals surface area contributed by atoms with Crippen LogP contribution in [0, 0.1) is 11.3 Å². The Morgan fingerprint density at radius 2 is 2.26 bits per heavy atom. The molecule has 2 aromatic rings. The molecule has 4 heteroatoms. The molecule has 0 amide bonds. The Hall–Kier alpha value is -2.41. The molecule has 0 saturated heterocycles. The minimum atomic E-state index is 0.158. The van der Waals surface area contributed by atoms with Crippen LogP contribution in [0.1, 0.15) is 18.2 Å². The second-order valence-corrected chi connectivity index (χ2v) is 4.35. The fourth-order valence-electron chi connectivity index (χ4n) is 1.91. The van der Waals surface area contributed by atoms with Gasteiger partial charge in [-0.3, -0.25) is 0 Å². The van der Waals surface area contributed by atoms with Gasteiger partial charge in [0.2, 0.25) is 0 Å². The molecule has 1 N–H and O–H groups in total. The first-order chi connectivity index (χ1) is 9.22. The summed E-state index contributed by atoms with van der Waals surface area (Å²) in [6, 6.07) is 11.5. The Bertz CT molecular complexity index is 570. The number of methoxy groups -OCH3 is 1. The quantitative estimate of drug-likeness (QED) is 0.892. The van der Waals surface area contributed by atoms with Gasteiger partial charge in [0.25, 0.3) is 0 Å². The number of nitrogens with one attached hydrogen (secondary N) is 1. The molecule has 1 heterocycles. The smallest absolute Gasteiger partial charge is 0.121 e. The summed E-state index contributed by atoms with van der Waals surface area (Å²) in [4.78, 5) is 0. The highest BCUT2D eigenvalue weighted by molar-refractivity contribution is 5.60. The maximum Gasteiger partial charge on any atom is 0.121 e. The molecule has 0 saturated carbocycles. The van der Waals surface area contributed by atoms with E-state index in [0.29, 0.717) is 5.56 Å². The molecule has 0 aliphatic carbocycles. The molecule has 0 aliphatic rings. The third-order valence-electron chi connectivity index (χ3n) is 2.84. The van der Waals surface area contributed by atoms with Gasteiger partial charge in [-0.15, -0.1) is 0 Å². The summed E-state index contributed by atoms with van der Waals surface area (Å²) in [6.45, 7) is 2.04. The summed E-state index contributed by atoms with van der Waals surface area (Å²) >= 11 is 0. The molecule has 4 nitrogen and oxygen atoms in total. The van der Waals surface area contributed by atoms with Gasteiger partial charge < -0.3 is 14.5 Å². The Labute approximate surface area is 112 Å². The van der Waals surface area contributed by atoms with E-state index in [9.17, 15) is 0 Å². The van der Waals surface area contributed by atoms with Crippen LogP contribution in [0.15, 0.2) is 41.0 Å². The molecule has 0 aliphatic heterocycles. The van der Waals surface area contributed by atoms with Gasteiger partial charge in [0, 0.05) is 18.5 Å². The lowest BCUT2D eigenvalue weighted by atomic mass is 10.1. The molecular weight excluding hydrogens is 240 g/mol. The van der Waals surface area contributed by atoms with Gasteiger partial charge in [-0.2, -0.15) is 5.26 Å². The van der Waals surface area contributed by atoms with Crippen LogP contribution in [-0.2, 0) is 6.42 Å². The number of benzene rings is 1. The number of ether oxygens (including phenoxy) is 1. The van der Waals surface area contributed by atoms with E-state index in [1.54, 1.807) is 25.5 Å². The van der Waals surface area contributed by atoms with Gasteiger partial charge in [-0.1, -0.05) is 0 Å². The molecule has 0 spiro atoms. The number of hydrogen-bond donors (Lipinski definition) is 1. The SMILES string of the molecule is COc1ccc(C#N)c(NC(C)Cc2ccco2)c1. The lowest BCUT2D eigenvalue weighted by molar-refractivity contribution is 0.415. The molecule has 0 fully saturated rings. The van der Waals surface area contributed by atoms with E-state index >= 15 is 0 Å². The van der Waals surface area contributed by atoms with Crippen LogP contribution in [-0.4, -0.2) is 13.2 Å². The molecule has 2 rings (SSSR count). The Kier molecular flexibility index (Phi) is 4.09. The minimum Gasteiger partial charge on any atom is -0.497 e. The van der Waals surface area contributed by atoms with Crippen LogP contribution in [0.4, 0.5) is 5.69 Å². The molecule has 1 aromatic carbocycles. The van der Waals surface area contributed by atoms with E-state index < -0.39 is 0 Å². The van der Waals surface area contributed by atoms with Crippen molar-refractivity contribution in [1.82, 2.24) is 0 Å². The fraction of sp³-hybridized carbons (Fsp3) is 0.267. The van der Waals surface area contributed by atoms with Crippen molar-refractivity contribution in [2.45, 2.75) is 19.4 Å². The third-order valence-corrected chi connectivity index (χ3v) is 2.84. The van der Waals surface area contributed by atoms with E-state index in [0.717, 1.165) is 23.6 Å². The molecule has 19 heavy (non-hydrogen) atoms. The van der Waals surface area contributed by atoms with Crippen LogP contribution < -0.4 is 10.1 Å². The maximum atomic E-state index is 9.10. The second-order valence-electron chi connectivity index (χ2n) is 4.35. The van der Waals surface area contributed by atoms with Gasteiger partial charge in [0.15, 0.2) is 0 Å². The van der Waals surface area contributed by atoms with E-state index in [4.69, 9.17) is 14.4 Å². The molecule has 1 unspecified atom stereocenters. The van der Waals surface area contributed by atoms with Crippen molar-refractivity contribution < 1.29 is 9.15 Å². The topological polar surface area (TPSA) is 58.2 Å². The first kappa shape index (κ1) is 13.0. The standard InChI is InChI=1S/C15H16N2O2/c1-11(8-14-4-3-7-19-14)17-15-9-13(18-2)6-5-12(15)10-16/h3-7,9,11,17H,8H2,1-2H3. The number of nitrogens with zero attached hydrogens (tertiary/aromatic N) is 1. The maximum absolute atomic E-state index is 9.10. The van der Waals surface area contributed by atoms with Gasteiger partial charge >= 0.3 is 0 Å². The summed E-state index contributed by atoms with van der Waals surface area (Å²) in [5.41, 5.74) is 1.38. The Balaban J connectivity index is 2.11. The summed E-state index contributed by atoms with van der Waals surface area (Å²) in [6.07, 6.45) is 2.42. The first-order valence-corrected chi connectivity index (χ1v) is 6.10. The molecular formula is C15H16N2O2. The highest BCUT2D eigenvalue weighted by Gasteiger charge is 2.09. The molecule has 1 aromatic heterocycles. The third kappa shape index (κ3) is 3.29. The molecule has 0 bridgehead atoms. The van der Waals surface area contributed by atoms with E-state index in [1.807, 2.05) is 25.1 Å². The van der Waals surface area contributed by atoms with E-state index in [-0.39, 0.29) is 6.04 Å². The summed E-state index contributed by atoms with van der Waals surface area (Å²) in [5, 5.41) is 12.4. The number of hydrogen-bond acceptors (Lipinski definition) is 4. The predicted molar refractivity (Wildman–Crippen MR) is 73.2 cm³/mol. The van der Waals surface area contributed by atoms with E-state index in [2.05, 4.69) is 11.4 Å². The zero-order valence-corrected chi connectivity index (χ0v) is 11.0. The molecule has 0 radical (unpaired) electrons. The van der Waals surface area contributed by atoms with Crippen LogP contribution in [0.5, 0.6) is 5.75 Å². The summed E-state index contributed by atoms with van der Waals surface area (Å²) in [5.74, 6) is 1.65. The van der Waals surface area contributed by atoms with Gasteiger partial charge in [0.1, 0.15) is 17.6 Å². The van der Waals surface area contributed by atoms with Crippen LogP contribution in [0.25, 0.3) is 0 Å². The number of rotatable bonds is 5. The van der Waals surface area contributed by atoms with Gasteiger partial charge in [-0.25, -0.2) is 0 Å². The molecule has 1 atom stereocenters. The average Bonchev–Trinajstić information content (AvgIpc) is 2.91. The highest BCUT2D eigenvalue weighted by atomic mass is 16.5. The van der Waals surface area contributed by atoms with Crippen LogP contribution in [0.2, 0.25) is 0 Å². The van der Waals surface area contributed by atoms with Crippen LogP contribution in [0.3, 0.4) is 0 Å². The number of furan rings is 1. The number of anilines is 1. The second kappa shape index (κ2) is 5.96.